The Morgan fingerprint density at radius 1 is 1.03 bits per heavy atom. The molecule has 2 aromatic rings. The van der Waals surface area contributed by atoms with Crippen molar-refractivity contribution in [2.45, 2.75) is 13.3 Å². The lowest BCUT2D eigenvalue weighted by Gasteiger charge is -2.36. The van der Waals surface area contributed by atoms with Crippen molar-refractivity contribution in [2.24, 2.45) is 0 Å². The van der Waals surface area contributed by atoms with Crippen LogP contribution in [0.2, 0.25) is 0 Å². The molecule has 2 aromatic carbocycles. The van der Waals surface area contributed by atoms with Crippen molar-refractivity contribution in [2.75, 3.05) is 55.1 Å². The van der Waals surface area contributed by atoms with E-state index in [0.717, 1.165) is 45.4 Å². The van der Waals surface area contributed by atoms with Gasteiger partial charge in [0.1, 0.15) is 0 Å². The zero-order chi connectivity index (χ0) is 21.6. The van der Waals surface area contributed by atoms with Crippen molar-refractivity contribution >= 4 is 27.3 Å². The van der Waals surface area contributed by atoms with Crippen molar-refractivity contribution in [3.63, 3.8) is 0 Å². The standard InChI is InChI=1S/C22H30N4O3S/c1-18-5-3-6-21(17-18)26-15-13-25(14-16-26)12-4-11-23-22(27)19-7-9-20(10-8-19)24-30(2,28)29/h3,5-10,17,24H,4,11-16H2,1-2H3,(H,23,27). The topological polar surface area (TPSA) is 81.8 Å². The van der Waals surface area contributed by atoms with E-state index in [1.165, 1.54) is 11.3 Å². The predicted molar refractivity (Wildman–Crippen MR) is 122 cm³/mol. The van der Waals surface area contributed by atoms with Gasteiger partial charge in [0.15, 0.2) is 0 Å². The second-order valence-electron chi connectivity index (χ2n) is 7.73. The molecule has 1 heterocycles. The molecule has 1 amide bonds. The Labute approximate surface area is 179 Å². The summed E-state index contributed by atoms with van der Waals surface area (Å²) in [4.78, 5) is 17.1. The second kappa shape index (κ2) is 9.95. The Morgan fingerprint density at radius 2 is 1.73 bits per heavy atom. The van der Waals surface area contributed by atoms with Gasteiger partial charge in [-0.05, 0) is 61.9 Å². The molecule has 0 aromatic heterocycles. The zero-order valence-electron chi connectivity index (χ0n) is 17.6. The van der Waals surface area contributed by atoms with E-state index in [-0.39, 0.29) is 5.91 Å². The van der Waals surface area contributed by atoms with Crippen molar-refractivity contribution < 1.29 is 13.2 Å². The average molecular weight is 431 g/mol. The lowest BCUT2D eigenvalue weighted by molar-refractivity contribution is 0.0951. The predicted octanol–water partition coefficient (Wildman–Crippen LogP) is 2.31. The van der Waals surface area contributed by atoms with E-state index >= 15 is 0 Å². The van der Waals surface area contributed by atoms with Crippen LogP contribution < -0.4 is 14.9 Å². The van der Waals surface area contributed by atoms with E-state index in [1.807, 2.05) is 0 Å². The van der Waals surface area contributed by atoms with E-state index in [1.54, 1.807) is 24.3 Å². The normalized spacial score (nSPS) is 15.1. The molecule has 0 aliphatic carbocycles. The number of rotatable bonds is 8. The van der Waals surface area contributed by atoms with Gasteiger partial charge in [-0.1, -0.05) is 12.1 Å². The molecule has 0 spiro atoms. The molecule has 7 nitrogen and oxygen atoms in total. The minimum absolute atomic E-state index is 0.148. The maximum atomic E-state index is 12.2. The second-order valence-corrected chi connectivity index (χ2v) is 9.48. The number of hydrogen-bond donors (Lipinski definition) is 2. The van der Waals surface area contributed by atoms with Gasteiger partial charge in [0.2, 0.25) is 10.0 Å². The van der Waals surface area contributed by atoms with Gasteiger partial charge in [0.25, 0.3) is 5.91 Å². The third kappa shape index (κ3) is 6.74. The van der Waals surface area contributed by atoms with Gasteiger partial charge in [-0.2, -0.15) is 0 Å². The van der Waals surface area contributed by atoms with Crippen molar-refractivity contribution in [1.82, 2.24) is 10.2 Å². The van der Waals surface area contributed by atoms with Crippen LogP contribution in [-0.4, -0.2) is 64.7 Å². The summed E-state index contributed by atoms with van der Waals surface area (Å²) >= 11 is 0. The zero-order valence-corrected chi connectivity index (χ0v) is 18.4. The highest BCUT2D eigenvalue weighted by molar-refractivity contribution is 7.92. The minimum atomic E-state index is -3.32. The third-order valence-corrected chi connectivity index (χ3v) is 5.73. The summed E-state index contributed by atoms with van der Waals surface area (Å²) in [7, 11) is -3.32. The van der Waals surface area contributed by atoms with Crippen molar-refractivity contribution in [3.8, 4) is 0 Å². The van der Waals surface area contributed by atoms with Gasteiger partial charge in [-0.25, -0.2) is 8.42 Å². The van der Waals surface area contributed by atoms with Crippen LogP contribution >= 0.6 is 0 Å². The van der Waals surface area contributed by atoms with Gasteiger partial charge >= 0.3 is 0 Å². The Bertz CT molecular complexity index is 953. The Morgan fingerprint density at radius 3 is 2.37 bits per heavy atom. The molecule has 8 heteroatoms. The maximum absolute atomic E-state index is 12.2. The van der Waals surface area contributed by atoms with Crippen LogP contribution in [0.5, 0.6) is 0 Å². The van der Waals surface area contributed by atoms with Crippen LogP contribution in [-0.2, 0) is 10.0 Å². The number of carbonyl (C=O) groups excluding carboxylic acids is 1. The Kier molecular flexibility index (Phi) is 7.33. The number of piperazine rings is 1. The first-order valence-corrected chi connectivity index (χ1v) is 12.1. The van der Waals surface area contributed by atoms with Gasteiger partial charge in [0, 0.05) is 49.7 Å². The highest BCUT2D eigenvalue weighted by Gasteiger charge is 2.17. The molecule has 3 rings (SSSR count). The molecular formula is C22H30N4O3S. The molecule has 1 fully saturated rings. The highest BCUT2D eigenvalue weighted by Crippen LogP contribution is 2.17. The molecular weight excluding hydrogens is 400 g/mol. The summed E-state index contributed by atoms with van der Waals surface area (Å²) in [5.41, 5.74) is 3.53. The van der Waals surface area contributed by atoms with E-state index in [2.05, 4.69) is 51.0 Å². The van der Waals surface area contributed by atoms with Crippen LogP contribution in [0.15, 0.2) is 48.5 Å². The number of anilines is 2. The Balaban J connectivity index is 1.36. The number of benzene rings is 2. The third-order valence-electron chi connectivity index (χ3n) is 5.13. The molecule has 1 aliphatic rings. The van der Waals surface area contributed by atoms with E-state index < -0.39 is 10.0 Å². The molecule has 2 N–H and O–H groups in total. The lowest BCUT2D eigenvalue weighted by Crippen LogP contribution is -2.47. The van der Waals surface area contributed by atoms with E-state index in [9.17, 15) is 13.2 Å². The summed E-state index contributed by atoms with van der Waals surface area (Å²) in [5, 5.41) is 2.93. The lowest BCUT2D eigenvalue weighted by atomic mass is 10.2. The molecule has 30 heavy (non-hydrogen) atoms. The number of sulfonamides is 1. The summed E-state index contributed by atoms with van der Waals surface area (Å²) in [5.74, 6) is -0.148. The van der Waals surface area contributed by atoms with Gasteiger partial charge in [-0.15, -0.1) is 0 Å². The quantitative estimate of drug-likeness (QED) is 0.628. The van der Waals surface area contributed by atoms with E-state index in [4.69, 9.17) is 0 Å². The average Bonchev–Trinajstić information content (AvgIpc) is 2.71. The van der Waals surface area contributed by atoms with Crippen LogP contribution in [0.25, 0.3) is 0 Å². The fourth-order valence-electron chi connectivity index (χ4n) is 3.56. The molecule has 0 saturated carbocycles. The molecule has 162 valence electrons. The first kappa shape index (κ1) is 22.1. The summed E-state index contributed by atoms with van der Waals surface area (Å²) in [6.45, 7) is 7.77. The first-order valence-electron chi connectivity index (χ1n) is 10.2. The minimum Gasteiger partial charge on any atom is -0.369 e. The SMILES string of the molecule is Cc1cccc(N2CCN(CCCNC(=O)c3ccc(NS(C)(=O)=O)cc3)CC2)c1. The van der Waals surface area contributed by atoms with Gasteiger partial charge in [-0.3, -0.25) is 14.4 Å². The number of amides is 1. The summed E-state index contributed by atoms with van der Waals surface area (Å²) < 4.78 is 24.8. The highest BCUT2D eigenvalue weighted by atomic mass is 32.2. The fourth-order valence-corrected chi connectivity index (χ4v) is 4.13. The maximum Gasteiger partial charge on any atom is 0.251 e. The van der Waals surface area contributed by atoms with Crippen LogP contribution in [0.1, 0.15) is 22.3 Å². The van der Waals surface area contributed by atoms with Gasteiger partial charge in [0.05, 0.1) is 6.26 Å². The largest absolute Gasteiger partial charge is 0.369 e. The molecule has 0 bridgehead atoms. The van der Waals surface area contributed by atoms with Crippen molar-refractivity contribution in [1.29, 1.82) is 0 Å². The van der Waals surface area contributed by atoms with Crippen LogP contribution in [0, 0.1) is 6.92 Å². The monoisotopic (exact) mass is 430 g/mol. The number of carbonyl (C=O) groups is 1. The molecule has 0 atom stereocenters. The van der Waals surface area contributed by atoms with Crippen LogP contribution in [0.4, 0.5) is 11.4 Å². The van der Waals surface area contributed by atoms with Gasteiger partial charge < -0.3 is 10.2 Å². The number of nitrogens with zero attached hydrogens (tertiary/aromatic N) is 2. The molecule has 0 radical (unpaired) electrons. The van der Waals surface area contributed by atoms with E-state index in [0.29, 0.717) is 17.8 Å². The molecule has 1 saturated heterocycles. The number of aryl methyl sites for hydroxylation is 1. The summed E-state index contributed by atoms with van der Waals surface area (Å²) in [6, 6.07) is 15.0. The Hall–Kier alpha value is -2.58. The fraction of sp³-hybridized carbons (Fsp3) is 0.409. The number of nitrogens with one attached hydrogen (secondary N) is 2. The summed E-state index contributed by atoms with van der Waals surface area (Å²) in [6.07, 6.45) is 1.99. The molecule has 0 unspecified atom stereocenters. The smallest absolute Gasteiger partial charge is 0.251 e. The first-order chi connectivity index (χ1) is 14.3. The van der Waals surface area contributed by atoms with Crippen molar-refractivity contribution in [3.05, 3.63) is 59.7 Å². The number of hydrogen-bond acceptors (Lipinski definition) is 5. The molecule has 1 aliphatic heterocycles. The van der Waals surface area contributed by atoms with Crippen LogP contribution in [0.3, 0.4) is 0 Å².